The number of nitrogens with one attached hydrogen (secondary N) is 2. The first kappa shape index (κ1) is 22.1. The highest BCUT2D eigenvalue weighted by Gasteiger charge is 2.16. The van der Waals surface area contributed by atoms with Crippen LogP contribution in [0.5, 0.6) is 5.75 Å². The van der Waals surface area contributed by atoms with Crippen LogP contribution in [-0.2, 0) is 10.0 Å². The molecule has 3 aromatic carbocycles. The summed E-state index contributed by atoms with van der Waals surface area (Å²) in [5.74, 6) is 0.147. The molecule has 1 amide bonds. The zero-order valence-electron chi connectivity index (χ0n) is 17.0. The number of methoxy groups -OCH3 is 1. The Bertz CT molecular complexity index is 1420. The molecule has 0 saturated carbocycles. The third kappa shape index (κ3) is 4.69. The predicted molar refractivity (Wildman–Crippen MR) is 128 cm³/mol. The lowest BCUT2D eigenvalue weighted by Gasteiger charge is -2.10. The van der Waals surface area contributed by atoms with Gasteiger partial charge < -0.3 is 4.74 Å². The number of amides is 1. The Kier molecular flexibility index (Phi) is 6.05. The fourth-order valence-electron chi connectivity index (χ4n) is 3.07. The molecule has 0 aliphatic rings. The molecule has 0 bridgehead atoms. The minimum Gasteiger partial charge on any atom is -0.497 e. The third-order valence-corrected chi connectivity index (χ3v) is 7.15. The van der Waals surface area contributed by atoms with Gasteiger partial charge >= 0.3 is 0 Å². The number of aromatic nitrogens is 1. The highest BCUT2D eigenvalue weighted by Crippen LogP contribution is 2.31. The lowest BCUT2D eigenvalue weighted by Crippen LogP contribution is -2.15. The molecule has 0 saturated heterocycles. The molecule has 0 fully saturated rings. The van der Waals surface area contributed by atoms with E-state index in [4.69, 9.17) is 16.3 Å². The Hall–Kier alpha value is -3.14. The van der Waals surface area contributed by atoms with Gasteiger partial charge in [0.15, 0.2) is 5.13 Å². The number of sulfonamides is 1. The van der Waals surface area contributed by atoms with E-state index in [1.807, 2.05) is 13.0 Å². The van der Waals surface area contributed by atoms with Gasteiger partial charge in [0.05, 0.1) is 22.2 Å². The molecule has 4 aromatic rings. The number of aryl methyl sites for hydroxylation is 1. The predicted octanol–water partition coefficient (Wildman–Crippen LogP) is 5.32. The molecule has 0 aliphatic heterocycles. The number of carbonyl (C=O) groups is 1. The number of thiazole rings is 1. The number of anilines is 2. The summed E-state index contributed by atoms with van der Waals surface area (Å²) in [6, 6.07) is 15.8. The number of nitrogens with zero attached hydrogens (tertiary/aromatic N) is 1. The van der Waals surface area contributed by atoms with Crippen molar-refractivity contribution in [1.29, 1.82) is 0 Å². The van der Waals surface area contributed by atoms with Crippen molar-refractivity contribution in [3.8, 4) is 5.75 Å². The van der Waals surface area contributed by atoms with Crippen LogP contribution in [0, 0.1) is 6.92 Å². The van der Waals surface area contributed by atoms with Gasteiger partial charge in [0.2, 0.25) is 0 Å². The number of carbonyl (C=O) groups excluding carboxylic acids is 1. The van der Waals surface area contributed by atoms with Crippen molar-refractivity contribution in [2.45, 2.75) is 11.8 Å². The molecule has 1 aromatic heterocycles. The summed E-state index contributed by atoms with van der Waals surface area (Å²) in [7, 11) is -2.32. The van der Waals surface area contributed by atoms with Crippen molar-refractivity contribution in [3.63, 3.8) is 0 Å². The highest BCUT2D eigenvalue weighted by atomic mass is 35.5. The van der Waals surface area contributed by atoms with Crippen molar-refractivity contribution < 1.29 is 17.9 Å². The average molecular weight is 488 g/mol. The molecule has 32 heavy (non-hydrogen) atoms. The van der Waals surface area contributed by atoms with Crippen LogP contribution in [-0.4, -0.2) is 26.4 Å². The summed E-state index contributed by atoms with van der Waals surface area (Å²) in [5, 5.41) is 3.80. The molecule has 1 heterocycles. The Morgan fingerprint density at radius 1 is 1.09 bits per heavy atom. The second-order valence-corrected chi connectivity index (χ2v) is 10.1. The van der Waals surface area contributed by atoms with Crippen molar-refractivity contribution in [3.05, 3.63) is 76.8 Å². The van der Waals surface area contributed by atoms with Gasteiger partial charge in [-0.3, -0.25) is 14.8 Å². The number of hydrogen-bond acceptors (Lipinski definition) is 6. The van der Waals surface area contributed by atoms with Crippen molar-refractivity contribution in [1.82, 2.24) is 4.98 Å². The monoisotopic (exact) mass is 487 g/mol. The maximum absolute atomic E-state index is 12.7. The summed E-state index contributed by atoms with van der Waals surface area (Å²) in [6.45, 7) is 1.90. The van der Waals surface area contributed by atoms with Crippen molar-refractivity contribution in [2.24, 2.45) is 0 Å². The molecule has 7 nitrogen and oxygen atoms in total. The standard InChI is InChI=1S/C22H18ClN3O4S2/c1-13-10-15(23)12-19-20(13)24-22(31-19)25-21(27)14-4-3-5-16(11-14)26-32(28,29)18-8-6-17(30-2)7-9-18/h3-12,26H,1-2H3,(H,24,25,27). The lowest BCUT2D eigenvalue weighted by atomic mass is 10.2. The smallest absolute Gasteiger partial charge is 0.261 e. The van der Waals surface area contributed by atoms with Crippen LogP contribution >= 0.6 is 22.9 Å². The van der Waals surface area contributed by atoms with Crippen LogP contribution in [0.4, 0.5) is 10.8 Å². The number of rotatable bonds is 6. The van der Waals surface area contributed by atoms with Crippen LogP contribution in [0.2, 0.25) is 5.02 Å². The van der Waals surface area contributed by atoms with Crippen LogP contribution in [0.15, 0.2) is 65.6 Å². The summed E-state index contributed by atoms with van der Waals surface area (Å²) in [6.07, 6.45) is 0. The Balaban J connectivity index is 1.53. The van der Waals surface area contributed by atoms with Gasteiger partial charge in [-0.1, -0.05) is 29.0 Å². The molecule has 0 atom stereocenters. The van der Waals surface area contributed by atoms with Gasteiger partial charge in [0, 0.05) is 16.3 Å². The minimum absolute atomic E-state index is 0.0802. The van der Waals surface area contributed by atoms with Crippen LogP contribution in [0.1, 0.15) is 15.9 Å². The molecule has 0 spiro atoms. The SMILES string of the molecule is COc1ccc(S(=O)(=O)Nc2cccc(C(=O)Nc3nc4c(C)cc(Cl)cc4s3)c2)cc1. The zero-order chi connectivity index (χ0) is 22.9. The fraction of sp³-hybridized carbons (Fsp3) is 0.0909. The number of benzene rings is 3. The van der Waals surface area contributed by atoms with E-state index in [0.717, 1.165) is 15.8 Å². The number of ether oxygens (including phenoxy) is 1. The summed E-state index contributed by atoms with van der Waals surface area (Å²) in [4.78, 5) is 17.3. The van der Waals surface area contributed by atoms with Crippen molar-refractivity contribution in [2.75, 3.05) is 17.1 Å². The zero-order valence-corrected chi connectivity index (χ0v) is 19.4. The fourth-order valence-corrected chi connectivity index (χ4v) is 5.44. The topological polar surface area (TPSA) is 97.4 Å². The number of hydrogen-bond donors (Lipinski definition) is 2. The van der Waals surface area contributed by atoms with Crippen LogP contribution < -0.4 is 14.8 Å². The van der Waals surface area contributed by atoms with E-state index >= 15 is 0 Å². The molecule has 2 N–H and O–H groups in total. The number of fused-ring (bicyclic) bond motifs is 1. The van der Waals surface area contributed by atoms with Crippen LogP contribution in [0.3, 0.4) is 0 Å². The van der Waals surface area contributed by atoms with E-state index in [1.165, 1.54) is 36.6 Å². The summed E-state index contributed by atoms with van der Waals surface area (Å²) >= 11 is 7.41. The van der Waals surface area contributed by atoms with Gasteiger partial charge in [0.1, 0.15) is 5.75 Å². The van der Waals surface area contributed by atoms with Crippen LogP contribution in [0.25, 0.3) is 10.2 Å². The maximum atomic E-state index is 12.7. The quantitative estimate of drug-likeness (QED) is 0.383. The first-order valence-electron chi connectivity index (χ1n) is 9.40. The van der Waals surface area contributed by atoms with E-state index in [2.05, 4.69) is 15.0 Å². The first-order chi connectivity index (χ1) is 15.2. The van der Waals surface area contributed by atoms with E-state index in [-0.39, 0.29) is 16.1 Å². The number of halogens is 1. The first-order valence-corrected chi connectivity index (χ1v) is 12.1. The van der Waals surface area contributed by atoms with E-state index in [9.17, 15) is 13.2 Å². The van der Waals surface area contributed by atoms with E-state index < -0.39 is 15.9 Å². The second kappa shape index (κ2) is 8.78. The Morgan fingerprint density at radius 3 is 2.56 bits per heavy atom. The Labute approximate surface area is 194 Å². The average Bonchev–Trinajstić information content (AvgIpc) is 3.16. The molecule has 164 valence electrons. The van der Waals surface area contributed by atoms with Gasteiger partial charge in [-0.25, -0.2) is 13.4 Å². The van der Waals surface area contributed by atoms with Gasteiger partial charge in [-0.05, 0) is 67.1 Å². The molecular formula is C22H18ClN3O4S2. The molecule has 0 unspecified atom stereocenters. The maximum Gasteiger partial charge on any atom is 0.261 e. The van der Waals surface area contributed by atoms with E-state index in [1.54, 1.807) is 36.4 Å². The van der Waals surface area contributed by atoms with Gasteiger partial charge in [0.25, 0.3) is 15.9 Å². The normalized spacial score (nSPS) is 11.3. The Morgan fingerprint density at radius 2 is 1.84 bits per heavy atom. The largest absolute Gasteiger partial charge is 0.497 e. The molecule has 0 radical (unpaired) electrons. The second-order valence-electron chi connectivity index (χ2n) is 6.90. The molecule has 10 heteroatoms. The van der Waals surface area contributed by atoms with E-state index in [0.29, 0.717) is 15.9 Å². The summed E-state index contributed by atoms with van der Waals surface area (Å²) < 4.78 is 33.7. The minimum atomic E-state index is -3.83. The van der Waals surface area contributed by atoms with Gasteiger partial charge in [-0.15, -0.1) is 0 Å². The molecule has 0 aliphatic carbocycles. The molecular weight excluding hydrogens is 470 g/mol. The van der Waals surface area contributed by atoms with Gasteiger partial charge in [-0.2, -0.15) is 0 Å². The molecule has 4 rings (SSSR count). The highest BCUT2D eigenvalue weighted by molar-refractivity contribution is 7.92. The van der Waals surface area contributed by atoms with Crippen molar-refractivity contribution >= 4 is 59.9 Å². The third-order valence-electron chi connectivity index (χ3n) is 4.62. The summed E-state index contributed by atoms with van der Waals surface area (Å²) in [5.41, 5.74) is 2.24. The lowest BCUT2D eigenvalue weighted by molar-refractivity contribution is 0.102.